The fourth-order valence-electron chi connectivity index (χ4n) is 1.77. The summed E-state index contributed by atoms with van der Waals surface area (Å²) in [5, 5.41) is 0. The van der Waals surface area contributed by atoms with Gasteiger partial charge in [-0.15, -0.1) is 0 Å². The van der Waals surface area contributed by atoms with E-state index < -0.39 is 0 Å². The average molecular weight is 179 g/mol. The summed E-state index contributed by atoms with van der Waals surface area (Å²) in [7, 11) is 0. The summed E-state index contributed by atoms with van der Waals surface area (Å²) in [6.07, 6.45) is 3.57. The molecule has 1 atom stereocenters. The molecule has 0 bridgehead atoms. The fraction of sp³-hybridized carbons (Fsp3) is 0.727. The topological polar surface area (TPSA) is 20.3 Å². The van der Waals surface area contributed by atoms with Crippen molar-refractivity contribution in [3.05, 3.63) is 0 Å². The van der Waals surface area contributed by atoms with Crippen LogP contribution in [0.4, 0.5) is 0 Å². The smallest absolute Gasteiger partial charge is 0.298 e. The fourth-order valence-corrected chi connectivity index (χ4v) is 1.77. The standard InChI is InChI=1S/C11H17NO/c1-3-6-11(13)12-8-5-7-10(4-2)9-12/h10H,4-5,7-9H2,1-2H3/t10-/m1/s1. The van der Waals surface area contributed by atoms with Gasteiger partial charge in [-0.3, -0.25) is 4.79 Å². The number of rotatable bonds is 1. The van der Waals surface area contributed by atoms with Gasteiger partial charge >= 0.3 is 0 Å². The number of hydrogen-bond acceptors (Lipinski definition) is 1. The van der Waals surface area contributed by atoms with Crippen molar-refractivity contribution < 1.29 is 4.79 Å². The number of nitrogens with zero attached hydrogens (tertiary/aromatic N) is 1. The second kappa shape index (κ2) is 4.91. The van der Waals surface area contributed by atoms with E-state index in [0.29, 0.717) is 5.92 Å². The van der Waals surface area contributed by atoms with Crippen molar-refractivity contribution in [1.82, 2.24) is 4.90 Å². The van der Waals surface area contributed by atoms with Gasteiger partial charge in [0.2, 0.25) is 0 Å². The van der Waals surface area contributed by atoms with Gasteiger partial charge < -0.3 is 4.90 Å². The summed E-state index contributed by atoms with van der Waals surface area (Å²) in [6.45, 7) is 5.69. The first-order valence-corrected chi connectivity index (χ1v) is 4.99. The molecule has 0 aromatic rings. The van der Waals surface area contributed by atoms with Crippen LogP contribution in [0.25, 0.3) is 0 Å². The van der Waals surface area contributed by atoms with Gasteiger partial charge in [0.15, 0.2) is 0 Å². The van der Waals surface area contributed by atoms with E-state index >= 15 is 0 Å². The maximum atomic E-state index is 11.4. The van der Waals surface area contributed by atoms with Gasteiger partial charge in [0.05, 0.1) is 0 Å². The zero-order chi connectivity index (χ0) is 9.68. The quantitative estimate of drug-likeness (QED) is 0.561. The molecular weight excluding hydrogens is 162 g/mol. The van der Waals surface area contributed by atoms with Crippen LogP contribution in [0.1, 0.15) is 33.1 Å². The van der Waals surface area contributed by atoms with Gasteiger partial charge in [0, 0.05) is 13.1 Å². The van der Waals surface area contributed by atoms with Crippen LogP contribution in [0.3, 0.4) is 0 Å². The third-order valence-corrected chi connectivity index (χ3v) is 2.62. The van der Waals surface area contributed by atoms with Gasteiger partial charge in [-0.05, 0) is 31.6 Å². The minimum absolute atomic E-state index is 0.000602. The molecule has 0 aliphatic carbocycles. The molecule has 2 nitrogen and oxygen atoms in total. The Balaban J connectivity index is 2.49. The Bertz CT molecular complexity index is 236. The van der Waals surface area contributed by atoms with E-state index in [2.05, 4.69) is 18.8 Å². The van der Waals surface area contributed by atoms with E-state index in [1.165, 1.54) is 12.8 Å². The summed E-state index contributed by atoms with van der Waals surface area (Å²) in [5.74, 6) is 5.94. The Labute approximate surface area is 80.3 Å². The van der Waals surface area contributed by atoms with Gasteiger partial charge in [-0.25, -0.2) is 0 Å². The van der Waals surface area contributed by atoms with E-state index in [9.17, 15) is 4.79 Å². The predicted molar refractivity (Wildman–Crippen MR) is 53.0 cm³/mol. The second-order valence-corrected chi connectivity index (χ2v) is 3.54. The molecule has 0 N–H and O–H groups in total. The van der Waals surface area contributed by atoms with Crippen LogP contribution >= 0.6 is 0 Å². The van der Waals surface area contributed by atoms with E-state index in [1.54, 1.807) is 6.92 Å². The van der Waals surface area contributed by atoms with Crippen molar-refractivity contribution in [1.29, 1.82) is 0 Å². The van der Waals surface area contributed by atoms with Gasteiger partial charge in [0.25, 0.3) is 5.91 Å². The Morgan fingerprint density at radius 3 is 3.00 bits per heavy atom. The normalized spacial score (nSPS) is 22.0. The van der Waals surface area contributed by atoms with E-state index in [4.69, 9.17) is 0 Å². The van der Waals surface area contributed by atoms with Crippen molar-refractivity contribution in [3.63, 3.8) is 0 Å². The van der Waals surface area contributed by atoms with Crippen LogP contribution in [0.2, 0.25) is 0 Å². The highest BCUT2D eigenvalue weighted by Crippen LogP contribution is 2.18. The third kappa shape index (κ3) is 2.77. The maximum Gasteiger partial charge on any atom is 0.298 e. The van der Waals surface area contributed by atoms with Crippen molar-refractivity contribution >= 4 is 5.91 Å². The molecular formula is C11H17NO. The first kappa shape index (κ1) is 10.1. The lowest BCUT2D eigenvalue weighted by Gasteiger charge is -2.30. The van der Waals surface area contributed by atoms with Gasteiger partial charge in [-0.1, -0.05) is 19.3 Å². The Morgan fingerprint density at radius 2 is 2.38 bits per heavy atom. The SMILES string of the molecule is CC#CC(=O)N1CCC[C@@H](CC)C1. The molecule has 0 aromatic carbocycles. The molecule has 1 fully saturated rings. The monoisotopic (exact) mass is 179 g/mol. The van der Waals surface area contributed by atoms with Crippen molar-refractivity contribution in [2.75, 3.05) is 13.1 Å². The number of amides is 1. The Hall–Kier alpha value is -0.970. The zero-order valence-electron chi connectivity index (χ0n) is 8.47. The molecule has 1 heterocycles. The van der Waals surface area contributed by atoms with Crippen molar-refractivity contribution in [3.8, 4) is 11.8 Å². The maximum absolute atomic E-state index is 11.4. The zero-order valence-corrected chi connectivity index (χ0v) is 8.47. The highest BCUT2D eigenvalue weighted by Gasteiger charge is 2.20. The minimum Gasteiger partial charge on any atom is -0.332 e. The molecule has 0 aromatic heterocycles. The molecule has 1 aliphatic heterocycles. The first-order chi connectivity index (χ1) is 6.27. The summed E-state index contributed by atoms with van der Waals surface area (Å²) >= 11 is 0. The molecule has 1 aliphatic rings. The van der Waals surface area contributed by atoms with Crippen LogP contribution in [0, 0.1) is 17.8 Å². The molecule has 2 heteroatoms. The summed E-state index contributed by atoms with van der Waals surface area (Å²) in [6, 6.07) is 0. The lowest BCUT2D eigenvalue weighted by Crippen LogP contribution is -2.39. The molecule has 0 spiro atoms. The number of piperidine rings is 1. The molecule has 0 unspecified atom stereocenters. The van der Waals surface area contributed by atoms with Gasteiger partial charge in [0.1, 0.15) is 0 Å². The largest absolute Gasteiger partial charge is 0.332 e. The predicted octanol–water partition coefficient (Wildman–Crippen LogP) is 1.66. The highest BCUT2D eigenvalue weighted by molar-refractivity contribution is 5.93. The summed E-state index contributed by atoms with van der Waals surface area (Å²) in [5.41, 5.74) is 0. The average Bonchev–Trinajstić information content (AvgIpc) is 2.18. The van der Waals surface area contributed by atoms with Crippen LogP contribution in [-0.4, -0.2) is 23.9 Å². The third-order valence-electron chi connectivity index (χ3n) is 2.62. The molecule has 0 radical (unpaired) electrons. The molecule has 1 rings (SSSR count). The number of carbonyl (C=O) groups is 1. The first-order valence-electron chi connectivity index (χ1n) is 4.99. The Morgan fingerprint density at radius 1 is 1.62 bits per heavy atom. The lowest BCUT2D eigenvalue weighted by atomic mass is 9.96. The number of carbonyl (C=O) groups excluding carboxylic acids is 1. The van der Waals surface area contributed by atoms with E-state index in [0.717, 1.165) is 19.5 Å². The summed E-state index contributed by atoms with van der Waals surface area (Å²) < 4.78 is 0. The number of hydrogen-bond donors (Lipinski definition) is 0. The highest BCUT2D eigenvalue weighted by atomic mass is 16.2. The minimum atomic E-state index is 0.000602. The van der Waals surface area contributed by atoms with E-state index in [-0.39, 0.29) is 5.91 Å². The molecule has 0 saturated carbocycles. The lowest BCUT2D eigenvalue weighted by molar-refractivity contribution is -0.126. The molecule has 13 heavy (non-hydrogen) atoms. The van der Waals surface area contributed by atoms with Crippen molar-refractivity contribution in [2.24, 2.45) is 5.92 Å². The molecule has 72 valence electrons. The van der Waals surface area contributed by atoms with Crippen LogP contribution in [0.5, 0.6) is 0 Å². The van der Waals surface area contributed by atoms with Crippen LogP contribution in [-0.2, 0) is 4.79 Å². The number of likely N-dealkylation sites (tertiary alicyclic amines) is 1. The summed E-state index contributed by atoms with van der Waals surface area (Å²) in [4.78, 5) is 13.3. The Kier molecular flexibility index (Phi) is 3.82. The van der Waals surface area contributed by atoms with Crippen LogP contribution in [0.15, 0.2) is 0 Å². The molecule has 1 saturated heterocycles. The van der Waals surface area contributed by atoms with Crippen molar-refractivity contribution in [2.45, 2.75) is 33.1 Å². The van der Waals surface area contributed by atoms with Crippen LogP contribution < -0.4 is 0 Å². The van der Waals surface area contributed by atoms with E-state index in [1.807, 2.05) is 4.90 Å². The molecule has 1 amide bonds. The van der Waals surface area contributed by atoms with Gasteiger partial charge in [-0.2, -0.15) is 0 Å². The second-order valence-electron chi connectivity index (χ2n) is 3.54.